The minimum atomic E-state index is 0.127. The molecule has 3 nitrogen and oxygen atoms in total. The van der Waals surface area contributed by atoms with Gasteiger partial charge in [0.2, 0.25) is 0 Å². The quantitative estimate of drug-likeness (QED) is 0.790. The molecular weight excluding hydrogens is 246 g/mol. The Morgan fingerprint density at radius 1 is 1.44 bits per heavy atom. The number of carbonyl (C=O) groups excluding carboxylic acids is 1. The minimum Gasteiger partial charge on any atom is -0.375 e. The Kier molecular flexibility index (Phi) is 3.06. The molecule has 0 N–H and O–H groups in total. The van der Waals surface area contributed by atoms with Gasteiger partial charge in [-0.3, -0.25) is 4.79 Å². The van der Waals surface area contributed by atoms with Gasteiger partial charge in [0.15, 0.2) is 0 Å². The topological polar surface area (TPSA) is 29.5 Å². The molecule has 0 radical (unpaired) electrons. The lowest BCUT2D eigenvalue weighted by molar-refractivity contribution is -0.0123. The second-order valence-corrected chi connectivity index (χ2v) is 5.49. The predicted octanol–water partition coefficient (Wildman–Crippen LogP) is 2.76. The highest BCUT2D eigenvalue weighted by atomic mass is 32.1. The van der Waals surface area contributed by atoms with Crippen LogP contribution < -0.4 is 0 Å². The van der Waals surface area contributed by atoms with Crippen LogP contribution in [-0.2, 0) is 4.74 Å². The van der Waals surface area contributed by atoms with Gasteiger partial charge in [0, 0.05) is 28.6 Å². The summed E-state index contributed by atoms with van der Waals surface area (Å²) < 4.78 is 6.64. The zero-order valence-corrected chi connectivity index (χ0v) is 11.1. The average Bonchev–Trinajstić information content (AvgIpc) is 2.82. The third-order valence-corrected chi connectivity index (χ3v) is 4.20. The molecular formula is C14H15NO2S. The molecule has 3 rings (SSSR count). The van der Waals surface area contributed by atoms with E-state index in [0.29, 0.717) is 19.7 Å². The van der Waals surface area contributed by atoms with Crippen molar-refractivity contribution >= 4 is 27.3 Å². The van der Waals surface area contributed by atoms with E-state index >= 15 is 0 Å². The summed E-state index contributed by atoms with van der Waals surface area (Å²) in [5, 5.41) is 3.03. The molecule has 1 aromatic carbocycles. The highest BCUT2D eigenvalue weighted by Crippen LogP contribution is 2.27. The first-order valence-electron chi connectivity index (χ1n) is 6.13. The summed E-state index contributed by atoms with van der Waals surface area (Å²) in [6.45, 7) is 4.01. The van der Waals surface area contributed by atoms with E-state index < -0.39 is 0 Å². The fraction of sp³-hybridized carbons (Fsp3) is 0.357. The number of thiophene rings is 1. The molecule has 0 unspecified atom stereocenters. The van der Waals surface area contributed by atoms with E-state index in [-0.39, 0.29) is 12.0 Å². The number of hydrogen-bond acceptors (Lipinski definition) is 3. The van der Waals surface area contributed by atoms with Crippen LogP contribution in [0.25, 0.3) is 10.1 Å². The molecule has 18 heavy (non-hydrogen) atoms. The van der Waals surface area contributed by atoms with Crippen molar-refractivity contribution in [3.63, 3.8) is 0 Å². The molecule has 1 saturated heterocycles. The van der Waals surface area contributed by atoms with Crippen LogP contribution in [0, 0.1) is 0 Å². The molecule has 0 aliphatic carbocycles. The van der Waals surface area contributed by atoms with Crippen molar-refractivity contribution in [2.75, 3.05) is 19.7 Å². The fourth-order valence-electron chi connectivity index (χ4n) is 2.32. The van der Waals surface area contributed by atoms with Crippen molar-refractivity contribution in [2.24, 2.45) is 0 Å². The lowest BCUT2D eigenvalue weighted by Gasteiger charge is -2.31. The molecule has 0 spiro atoms. The number of ether oxygens (including phenoxy) is 1. The molecule has 1 aliphatic rings. The Labute approximate surface area is 110 Å². The third kappa shape index (κ3) is 2.02. The van der Waals surface area contributed by atoms with Crippen LogP contribution in [0.4, 0.5) is 0 Å². The monoisotopic (exact) mass is 261 g/mol. The molecule has 0 bridgehead atoms. The standard InChI is InChI=1S/C14H15NO2S/c1-10-8-15(6-7-17-10)14(16)12-9-18-13-5-3-2-4-11(12)13/h2-5,9-10H,6-8H2,1H3/t10-/m0/s1. The lowest BCUT2D eigenvalue weighted by atomic mass is 10.1. The van der Waals surface area contributed by atoms with Gasteiger partial charge in [0.05, 0.1) is 18.3 Å². The van der Waals surface area contributed by atoms with Crippen molar-refractivity contribution in [1.82, 2.24) is 4.90 Å². The van der Waals surface area contributed by atoms with Crippen LogP contribution >= 0.6 is 11.3 Å². The van der Waals surface area contributed by atoms with Gasteiger partial charge in [0.25, 0.3) is 5.91 Å². The van der Waals surface area contributed by atoms with Gasteiger partial charge in [-0.25, -0.2) is 0 Å². The number of rotatable bonds is 1. The number of morpholine rings is 1. The number of carbonyl (C=O) groups is 1. The maximum Gasteiger partial charge on any atom is 0.255 e. The van der Waals surface area contributed by atoms with Crippen LogP contribution in [0.3, 0.4) is 0 Å². The average molecular weight is 261 g/mol. The maximum absolute atomic E-state index is 12.5. The van der Waals surface area contributed by atoms with Gasteiger partial charge in [-0.2, -0.15) is 0 Å². The summed E-state index contributed by atoms with van der Waals surface area (Å²) in [5.74, 6) is 0.127. The Morgan fingerprint density at radius 2 is 2.28 bits per heavy atom. The van der Waals surface area contributed by atoms with E-state index in [1.54, 1.807) is 11.3 Å². The Morgan fingerprint density at radius 3 is 3.11 bits per heavy atom. The van der Waals surface area contributed by atoms with Gasteiger partial charge in [-0.1, -0.05) is 18.2 Å². The van der Waals surface area contributed by atoms with Crippen LogP contribution in [-0.4, -0.2) is 36.6 Å². The maximum atomic E-state index is 12.5. The summed E-state index contributed by atoms with van der Waals surface area (Å²) in [4.78, 5) is 14.4. The fourth-order valence-corrected chi connectivity index (χ4v) is 3.25. The van der Waals surface area contributed by atoms with Gasteiger partial charge in [0.1, 0.15) is 0 Å². The van der Waals surface area contributed by atoms with Crippen LogP contribution in [0.1, 0.15) is 17.3 Å². The molecule has 1 aromatic heterocycles. The van der Waals surface area contributed by atoms with Gasteiger partial charge in [-0.15, -0.1) is 11.3 Å². The molecule has 0 saturated carbocycles. The van der Waals surface area contributed by atoms with Crippen molar-refractivity contribution in [2.45, 2.75) is 13.0 Å². The summed E-state index contributed by atoms with van der Waals surface area (Å²) in [5.41, 5.74) is 0.824. The van der Waals surface area contributed by atoms with E-state index in [1.165, 1.54) is 4.70 Å². The molecule has 1 fully saturated rings. The van der Waals surface area contributed by atoms with Crippen molar-refractivity contribution < 1.29 is 9.53 Å². The van der Waals surface area contributed by atoms with Gasteiger partial charge < -0.3 is 9.64 Å². The van der Waals surface area contributed by atoms with Crippen molar-refractivity contribution in [3.8, 4) is 0 Å². The van der Waals surface area contributed by atoms with Crippen LogP contribution in [0.5, 0.6) is 0 Å². The first-order valence-corrected chi connectivity index (χ1v) is 7.01. The van der Waals surface area contributed by atoms with Gasteiger partial charge in [-0.05, 0) is 13.0 Å². The molecule has 2 aromatic rings. The first-order chi connectivity index (χ1) is 8.75. The van der Waals surface area contributed by atoms with E-state index in [2.05, 4.69) is 6.07 Å². The highest BCUT2D eigenvalue weighted by Gasteiger charge is 2.24. The lowest BCUT2D eigenvalue weighted by Crippen LogP contribution is -2.44. The summed E-state index contributed by atoms with van der Waals surface area (Å²) >= 11 is 1.63. The largest absolute Gasteiger partial charge is 0.375 e. The minimum absolute atomic E-state index is 0.127. The summed E-state index contributed by atoms with van der Waals surface area (Å²) in [6.07, 6.45) is 0.132. The number of nitrogens with zero attached hydrogens (tertiary/aromatic N) is 1. The van der Waals surface area contributed by atoms with Crippen molar-refractivity contribution in [3.05, 3.63) is 35.2 Å². The Hall–Kier alpha value is -1.39. The Bertz CT molecular complexity index is 578. The molecule has 4 heteroatoms. The number of benzene rings is 1. The highest BCUT2D eigenvalue weighted by molar-refractivity contribution is 7.17. The van der Waals surface area contributed by atoms with E-state index in [4.69, 9.17) is 4.74 Å². The first kappa shape index (κ1) is 11.7. The number of hydrogen-bond donors (Lipinski definition) is 0. The van der Waals surface area contributed by atoms with E-state index in [9.17, 15) is 4.79 Å². The summed E-state index contributed by atoms with van der Waals surface area (Å²) in [6, 6.07) is 8.05. The smallest absolute Gasteiger partial charge is 0.255 e. The predicted molar refractivity (Wildman–Crippen MR) is 73.1 cm³/mol. The van der Waals surface area contributed by atoms with E-state index in [1.807, 2.05) is 35.4 Å². The van der Waals surface area contributed by atoms with Crippen LogP contribution in [0.2, 0.25) is 0 Å². The molecule has 94 valence electrons. The normalized spacial score (nSPS) is 20.3. The van der Waals surface area contributed by atoms with E-state index in [0.717, 1.165) is 10.9 Å². The molecule has 2 heterocycles. The van der Waals surface area contributed by atoms with Crippen molar-refractivity contribution in [1.29, 1.82) is 0 Å². The summed E-state index contributed by atoms with van der Waals surface area (Å²) in [7, 11) is 0. The molecule has 1 amide bonds. The second-order valence-electron chi connectivity index (χ2n) is 4.58. The van der Waals surface area contributed by atoms with Crippen LogP contribution in [0.15, 0.2) is 29.6 Å². The zero-order valence-electron chi connectivity index (χ0n) is 10.3. The molecule has 1 atom stereocenters. The SMILES string of the molecule is C[C@H]1CN(C(=O)c2csc3ccccc23)CCO1. The number of amides is 1. The molecule has 1 aliphatic heterocycles. The third-order valence-electron chi connectivity index (χ3n) is 3.24. The van der Waals surface area contributed by atoms with Gasteiger partial charge >= 0.3 is 0 Å². The number of fused-ring (bicyclic) bond motifs is 1. The zero-order chi connectivity index (χ0) is 12.5. The Balaban J connectivity index is 1.92. The second kappa shape index (κ2) is 4.71.